The Morgan fingerprint density at radius 2 is 2.05 bits per heavy atom. The zero-order valence-electron chi connectivity index (χ0n) is 11.1. The number of pyridine rings is 2. The Balaban J connectivity index is 2.29. The van der Waals surface area contributed by atoms with Crippen LogP contribution in [-0.4, -0.2) is 21.4 Å². The van der Waals surface area contributed by atoms with Crippen molar-refractivity contribution in [1.29, 1.82) is 0 Å². The molecule has 7 heteroatoms. The Bertz CT molecular complexity index is 603. The van der Waals surface area contributed by atoms with E-state index in [0.29, 0.717) is 18.9 Å². The molecule has 2 aromatic rings. The standard InChI is InChI=1S/C13H15N5O2/c1-2-17(9-10-3-5-15-6-4-10)13-8-11(18(19)20)7-12(14)16-13/h3-8H,2,9H2,1H3,(H2,14,16). The second kappa shape index (κ2) is 5.96. The monoisotopic (exact) mass is 273 g/mol. The van der Waals surface area contributed by atoms with Gasteiger partial charge in [-0.2, -0.15) is 0 Å². The maximum absolute atomic E-state index is 10.9. The van der Waals surface area contributed by atoms with Gasteiger partial charge in [-0.25, -0.2) is 4.98 Å². The first-order chi connectivity index (χ1) is 9.60. The summed E-state index contributed by atoms with van der Waals surface area (Å²) in [6.45, 7) is 3.21. The number of anilines is 2. The SMILES string of the molecule is CCN(Cc1ccncc1)c1cc([N+](=O)[O-])cc(N)n1. The molecule has 0 aromatic carbocycles. The van der Waals surface area contributed by atoms with Gasteiger partial charge < -0.3 is 10.6 Å². The molecule has 20 heavy (non-hydrogen) atoms. The third-order valence-corrected chi connectivity index (χ3v) is 2.86. The summed E-state index contributed by atoms with van der Waals surface area (Å²) in [4.78, 5) is 20.4. The topological polar surface area (TPSA) is 98.2 Å². The highest BCUT2D eigenvalue weighted by Gasteiger charge is 2.14. The predicted octanol–water partition coefficient (Wildman–Crippen LogP) is 1.99. The Morgan fingerprint density at radius 1 is 1.35 bits per heavy atom. The molecule has 0 atom stereocenters. The van der Waals surface area contributed by atoms with Crippen molar-refractivity contribution in [3.05, 3.63) is 52.3 Å². The van der Waals surface area contributed by atoms with Gasteiger partial charge in [0.2, 0.25) is 0 Å². The Labute approximate surface area is 116 Å². The van der Waals surface area contributed by atoms with Crippen molar-refractivity contribution in [1.82, 2.24) is 9.97 Å². The molecule has 2 N–H and O–H groups in total. The van der Waals surface area contributed by atoms with Gasteiger partial charge in [-0.1, -0.05) is 0 Å². The number of nitrogens with zero attached hydrogens (tertiary/aromatic N) is 4. The molecule has 7 nitrogen and oxygen atoms in total. The van der Waals surface area contributed by atoms with Crippen LogP contribution in [0.15, 0.2) is 36.7 Å². The van der Waals surface area contributed by atoms with Crippen molar-refractivity contribution in [2.75, 3.05) is 17.2 Å². The highest BCUT2D eigenvalue weighted by atomic mass is 16.6. The minimum atomic E-state index is -0.470. The van der Waals surface area contributed by atoms with E-state index in [9.17, 15) is 10.1 Å². The fourth-order valence-corrected chi connectivity index (χ4v) is 1.85. The van der Waals surface area contributed by atoms with Gasteiger partial charge in [0.05, 0.1) is 17.1 Å². The van der Waals surface area contributed by atoms with Gasteiger partial charge in [0, 0.05) is 25.5 Å². The van der Waals surface area contributed by atoms with E-state index in [1.807, 2.05) is 24.0 Å². The summed E-state index contributed by atoms with van der Waals surface area (Å²) < 4.78 is 0. The van der Waals surface area contributed by atoms with Crippen LogP contribution in [0.25, 0.3) is 0 Å². The first kappa shape index (κ1) is 13.7. The number of rotatable bonds is 5. The van der Waals surface area contributed by atoms with Crippen molar-refractivity contribution in [2.24, 2.45) is 0 Å². The van der Waals surface area contributed by atoms with E-state index < -0.39 is 4.92 Å². The molecule has 0 spiro atoms. The van der Waals surface area contributed by atoms with Crippen LogP contribution in [0.5, 0.6) is 0 Å². The smallest absolute Gasteiger partial charge is 0.276 e. The molecule has 0 fully saturated rings. The Morgan fingerprint density at radius 3 is 2.65 bits per heavy atom. The van der Waals surface area contributed by atoms with E-state index >= 15 is 0 Å². The molecular weight excluding hydrogens is 258 g/mol. The Hall–Kier alpha value is -2.70. The molecule has 0 aliphatic heterocycles. The van der Waals surface area contributed by atoms with Gasteiger partial charge in [-0.15, -0.1) is 0 Å². The average Bonchev–Trinajstić information content (AvgIpc) is 2.45. The third-order valence-electron chi connectivity index (χ3n) is 2.86. The lowest BCUT2D eigenvalue weighted by molar-refractivity contribution is -0.384. The van der Waals surface area contributed by atoms with Crippen LogP contribution in [-0.2, 0) is 6.54 Å². The van der Waals surface area contributed by atoms with Crippen molar-refractivity contribution < 1.29 is 4.92 Å². The van der Waals surface area contributed by atoms with Crippen LogP contribution in [0, 0.1) is 10.1 Å². The summed E-state index contributed by atoms with van der Waals surface area (Å²) in [5.41, 5.74) is 6.63. The van der Waals surface area contributed by atoms with Gasteiger partial charge in [0.15, 0.2) is 0 Å². The second-order valence-corrected chi connectivity index (χ2v) is 4.24. The number of nitrogens with two attached hydrogens (primary N) is 1. The maximum atomic E-state index is 10.9. The van der Waals surface area contributed by atoms with E-state index in [2.05, 4.69) is 9.97 Å². The van der Waals surface area contributed by atoms with Gasteiger partial charge in [0.1, 0.15) is 11.6 Å². The minimum Gasteiger partial charge on any atom is -0.383 e. The summed E-state index contributed by atoms with van der Waals surface area (Å²) in [6.07, 6.45) is 3.41. The summed E-state index contributed by atoms with van der Waals surface area (Å²) in [5.74, 6) is 0.637. The molecule has 0 amide bonds. The fourth-order valence-electron chi connectivity index (χ4n) is 1.85. The number of nitro groups is 1. The number of hydrogen-bond acceptors (Lipinski definition) is 6. The number of aromatic nitrogens is 2. The zero-order chi connectivity index (χ0) is 14.5. The average molecular weight is 273 g/mol. The molecule has 2 rings (SSSR count). The minimum absolute atomic E-state index is 0.0549. The summed E-state index contributed by atoms with van der Waals surface area (Å²) in [5, 5.41) is 10.9. The molecule has 0 aliphatic carbocycles. The molecule has 0 bridgehead atoms. The molecule has 0 radical (unpaired) electrons. The first-order valence-corrected chi connectivity index (χ1v) is 6.16. The second-order valence-electron chi connectivity index (χ2n) is 4.24. The molecule has 0 saturated carbocycles. The van der Waals surface area contributed by atoms with E-state index in [4.69, 9.17) is 5.73 Å². The lowest BCUT2D eigenvalue weighted by atomic mass is 10.2. The quantitative estimate of drug-likeness (QED) is 0.660. The maximum Gasteiger partial charge on any atom is 0.276 e. The van der Waals surface area contributed by atoms with Crippen LogP contribution in [0.1, 0.15) is 12.5 Å². The fraction of sp³-hybridized carbons (Fsp3) is 0.231. The van der Waals surface area contributed by atoms with Gasteiger partial charge in [-0.05, 0) is 24.6 Å². The highest BCUT2D eigenvalue weighted by Crippen LogP contribution is 2.23. The predicted molar refractivity (Wildman–Crippen MR) is 76.3 cm³/mol. The molecule has 2 aromatic heterocycles. The number of hydrogen-bond donors (Lipinski definition) is 1. The van der Waals surface area contributed by atoms with Gasteiger partial charge >= 0.3 is 0 Å². The van der Waals surface area contributed by atoms with Crippen LogP contribution < -0.4 is 10.6 Å². The molecule has 0 aliphatic rings. The first-order valence-electron chi connectivity index (χ1n) is 6.16. The van der Waals surface area contributed by atoms with Crippen molar-refractivity contribution in [3.63, 3.8) is 0 Å². The van der Waals surface area contributed by atoms with Crippen LogP contribution in [0.3, 0.4) is 0 Å². The summed E-state index contributed by atoms with van der Waals surface area (Å²) in [7, 11) is 0. The largest absolute Gasteiger partial charge is 0.383 e. The molecular formula is C13H15N5O2. The van der Waals surface area contributed by atoms with E-state index in [1.54, 1.807) is 12.4 Å². The molecule has 2 heterocycles. The molecule has 0 saturated heterocycles. The molecule has 0 unspecified atom stereocenters. The Kier molecular flexibility index (Phi) is 4.09. The summed E-state index contributed by atoms with van der Waals surface area (Å²) >= 11 is 0. The van der Waals surface area contributed by atoms with Crippen molar-refractivity contribution in [2.45, 2.75) is 13.5 Å². The van der Waals surface area contributed by atoms with Gasteiger partial charge in [0.25, 0.3) is 5.69 Å². The van der Waals surface area contributed by atoms with Crippen LogP contribution in [0.4, 0.5) is 17.3 Å². The lowest BCUT2D eigenvalue weighted by Gasteiger charge is -2.22. The van der Waals surface area contributed by atoms with Gasteiger partial charge in [-0.3, -0.25) is 15.1 Å². The lowest BCUT2D eigenvalue weighted by Crippen LogP contribution is -2.23. The third kappa shape index (κ3) is 3.19. The van der Waals surface area contributed by atoms with E-state index in [0.717, 1.165) is 5.56 Å². The molecule has 104 valence electrons. The van der Waals surface area contributed by atoms with Crippen molar-refractivity contribution in [3.8, 4) is 0 Å². The zero-order valence-corrected chi connectivity index (χ0v) is 11.1. The van der Waals surface area contributed by atoms with Crippen molar-refractivity contribution >= 4 is 17.3 Å². The van der Waals surface area contributed by atoms with E-state index in [-0.39, 0.29) is 11.5 Å². The van der Waals surface area contributed by atoms with E-state index in [1.165, 1.54) is 12.1 Å². The number of nitrogen functional groups attached to an aromatic ring is 1. The highest BCUT2D eigenvalue weighted by molar-refractivity contribution is 5.54. The van der Waals surface area contributed by atoms with Crippen LogP contribution >= 0.6 is 0 Å². The normalized spacial score (nSPS) is 10.2. The van der Waals surface area contributed by atoms with Crippen LogP contribution in [0.2, 0.25) is 0 Å². The summed E-state index contributed by atoms with van der Waals surface area (Å²) in [6, 6.07) is 6.47.